The predicted molar refractivity (Wildman–Crippen MR) is 155 cm³/mol. The van der Waals surface area contributed by atoms with Crippen LogP contribution in [0.2, 0.25) is 0 Å². The van der Waals surface area contributed by atoms with E-state index in [-0.39, 0.29) is 11.5 Å². The minimum absolute atomic E-state index is 0.0302. The Morgan fingerprint density at radius 1 is 0.868 bits per heavy atom. The molecule has 0 amide bonds. The standard InChI is InChI=1S/C33H50N2O3/c1-25-28(23-26-9-6-10-26)11-7-20-33(34(2)3,29-14-18-31(38-5)19-15-29)21-8-22-35(32(25)36)24-27-12-16-30(37-4)17-13-27/h12-19,25-26,28,32,36H,6-11,20-24H2,1-5H3/t25?,28?,32?,33-/m1/s1. The largest absolute Gasteiger partial charge is 0.497 e. The molecule has 4 atom stereocenters. The number of ether oxygens (including phenoxy) is 2. The van der Waals surface area contributed by atoms with Crippen molar-refractivity contribution < 1.29 is 14.6 Å². The van der Waals surface area contributed by atoms with Gasteiger partial charge in [0.2, 0.25) is 0 Å². The first-order valence-corrected chi connectivity index (χ1v) is 14.7. The van der Waals surface area contributed by atoms with Crippen molar-refractivity contribution in [1.29, 1.82) is 0 Å². The lowest BCUT2D eigenvalue weighted by molar-refractivity contribution is -0.0632. The molecule has 1 aliphatic heterocycles. The smallest absolute Gasteiger partial charge is 0.118 e. The fraction of sp³-hybridized carbons (Fsp3) is 0.636. The van der Waals surface area contributed by atoms with E-state index in [1.54, 1.807) is 14.2 Å². The Labute approximate surface area is 231 Å². The summed E-state index contributed by atoms with van der Waals surface area (Å²) in [5.41, 5.74) is 2.56. The lowest BCUT2D eigenvalue weighted by Gasteiger charge is -2.42. The first-order chi connectivity index (χ1) is 18.4. The summed E-state index contributed by atoms with van der Waals surface area (Å²) < 4.78 is 10.8. The molecule has 2 aromatic rings. The maximum atomic E-state index is 11.8. The molecule has 1 saturated carbocycles. The van der Waals surface area contributed by atoms with Crippen LogP contribution in [0.4, 0.5) is 0 Å². The normalized spacial score (nSPS) is 27.9. The van der Waals surface area contributed by atoms with E-state index < -0.39 is 6.23 Å². The molecule has 0 spiro atoms. The van der Waals surface area contributed by atoms with Crippen LogP contribution in [0.25, 0.3) is 0 Å². The Morgan fingerprint density at radius 2 is 1.47 bits per heavy atom. The van der Waals surface area contributed by atoms with Crippen LogP contribution in [0.1, 0.15) is 75.8 Å². The van der Waals surface area contributed by atoms with Crippen molar-refractivity contribution in [2.75, 3.05) is 34.9 Å². The van der Waals surface area contributed by atoms with E-state index in [4.69, 9.17) is 9.47 Å². The second-order valence-corrected chi connectivity index (χ2v) is 12.0. The molecule has 0 aromatic heterocycles. The van der Waals surface area contributed by atoms with Gasteiger partial charge in [-0.3, -0.25) is 9.80 Å². The van der Waals surface area contributed by atoms with E-state index in [0.29, 0.717) is 5.92 Å². The zero-order valence-electron chi connectivity index (χ0n) is 24.4. The first-order valence-electron chi connectivity index (χ1n) is 14.7. The van der Waals surface area contributed by atoms with E-state index in [2.05, 4.69) is 67.2 Å². The molecular formula is C33H50N2O3. The van der Waals surface area contributed by atoms with Crippen LogP contribution in [-0.2, 0) is 12.1 Å². The lowest BCUT2D eigenvalue weighted by Crippen LogP contribution is -2.44. The average Bonchev–Trinajstić information content (AvgIpc) is 2.93. The molecule has 0 radical (unpaired) electrons. The van der Waals surface area contributed by atoms with E-state index in [1.807, 2.05) is 12.1 Å². The average molecular weight is 523 g/mol. The van der Waals surface area contributed by atoms with Gasteiger partial charge in [-0.2, -0.15) is 0 Å². The highest BCUT2D eigenvalue weighted by Crippen LogP contribution is 2.42. The highest BCUT2D eigenvalue weighted by atomic mass is 16.5. The molecule has 210 valence electrons. The van der Waals surface area contributed by atoms with Crippen LogP contribution in [0.5, 0.6) is 11.5 Å². The Bertz CT molecular complexity index is 973. The fourth-order valence-corrected chi connectivity index (χ4v) is 6.85. The first kappa shape index (κ1) is 28.9. The number of benzene rings is 2. The Kier molecular flexibility index (Phi) is 10.1. The zero-order chi connectivity index (χ0) is 27.1. The van der Waals surface area contributed by atoms with Gasteiger partial charge in [0.1, 0.15) is 17.7 Å². The second-order valence-electron chi connectivity index (χ2n) is 12.0. The van der Waals surface area contributed by atoms with Gasteiger partial charge in [-0.25, -0.2) is 0 Å². The monoisotopic (exact) mass is 522 g/mol. The third kappa shape index (κ3) is 6.73. The van der Waals surface area contributed by atoms with Crippen LogP contribution < -0.4 is 9.47 Å². The molecule has 5 heteroatoms. The van der Waals surface area contributed by atoms with Gasteiger partial charge in [-0.1, -0.05) is 56.9 Å². The van der Waals surface area contributed by atoms with Crippen molar-refractivity contribution in [2.45, 2.75) is 83.0 Å². The van der Waals surface area contributed by atoms with Gasteiger partial charge in [0, 0.05) is 18.6 Å². The minimum Gasteiger partial charge on any atom is -0.497 e. The molecule has 0 bridgehead atoms. The van der Waals surface area contributed by atoms with Crippen molar-refractivity contribution in [2.24, 2.45) is 17.8 Å². The summed E-state index contributed by atoms with van der Waals surface area (Å²) in [6.45, 7) is 3.93. The van der Waals surface area contributed by atoms with E-state index in [1.165, 1.54) is 49.7 Å². The molecule has 1 saturated heterocycles. The van der Waals surface area contributed by atoms with Crippen LogP contribution in [0.3, 0.4) is 0 Å². The lowest BCUT2D eigenvalue weighted by atomic mass is 9.73. The van der Waals surface area contributed by atoms with E-state index >= 15 is 0 Å². The van der Waals surface area contributed by atoms with Crippen LogP contribution in [-0.4, -0.2) is 56.0 Å². The van der Waals surface area contributed by atoms with Crippen molar-refractivity contribution in [1.82, 2.24) is 9.80 Å². The van der Waals surface area contributed by atoms with Crippen LogP contribution >= 0.6 is 0 Å². The van der Waals surface area contributed by atoms with Gasteiger partial charge in [0.15, 0.2) is 0 Å². The van der Waals surface area contributed by atoms with Crippen molar-refractivity contribution >= 4 is 0 Å². The number of hydrogen-bond donors (Lipinski definition) is 1. The molecule has 1 N–H and O–H groups in total. The van der Waals surface area contributed by atoms with Gasteiger partial charge < -0.3 is 14.6 Å². The molecular weight excluding hydrogens is 472 g/mol. The summed E-state index contributed by atoms with van der Waals surface area (Å²) in [6, 6.07) is 17.0. The summed E-state index contributed by atoms with van der Waals surface area (Å²) in [4.78, 5) is 4.78. The minimum atomic E-state index is -0.435. The quantitative estimate of drug-likeness (QED) is 0.419. The second kappa shape index (κ2) is 13.3. The summed E-state index contributed by atoms with van der Waals surface area (Å²) >= 11 is 0. The van der Waals surface area contributed by atoms with E-state index in [9.17, 15) is 5.11 Å². The number of aliphatic hydroxyl groups is 1. The van der Waals surface area contributed by atoms with Gasteiger partial charge in [0.25, 0.3) is 0 Å². The van der Waals surface area contributed by atoms with Crippen molar-refractivity contribution in [3.8, 4) is 11.5 Å². The number of rotatable bonds is 8. The number of nitrogens with zero attached hydrogens (tertiary/aromatic N) is 2. The maximum absolute atomic E-state index is 11.8. The molecule has 4 rings (SSSR count). The van der Waals surface area contributed by atoms with Gasteiger partial charge in [0.05, 0.1) is 14.2 Å². The topological polar surface area (TPSA) is 45.2 Å². The predicted octanol–water partition coefficient (Wildman–Crippen LogP) is 6.69. The van der Waals surface area contributed by atoms with Gasteiger partial charge in [-0.15, -0.1) is 0 Å². The third-order valence-electron chi connectivity index (χ3n) is 9.68. The molecule has 2 aliphatic rings. The van der Waals surface area contributed by atoms with Gasteiger partial charge >= 0.3 is 0 Å². The number of hydrogen-bond acceptors (Lipinski definition) is 5. The van der Waals surface area contributed by atoms with E-state index in [0.717, 1.165) is 49.8 Å². The van der Waals surface area contributed by atoms with Crippen molar-refractivity contribution in [3.63, 3.8) is 0 Å². The number of aliphatic hydroxyl groups excluding tert-OH is 1. The summed E-state index contributed by atoms with van der Waals surface area (Å²) in [7, 11) is 7.91. The fourth-order valence-electron chi connectivity index (χ4n) is 6.85. The maximum Gasteiger partial charge on any atom is 0.118 e. The highest BCUT2D eigenvalue weighted by molar-refractivity contribution is 5.32. The van der Waals surface area contributed by atoms with Crippen molar-refractivity contribution in [3.05, 3.63) is 59.7 Å². The van der Waals surface area contributed by atoms with Gasteiger partial charge in [-0.05, 0) is 99.3 Å². The highest BCUT2D eigenvalue weighted by Gasteiger charge is 2.37. The molecule has 1 aliphatic carbocycles. The van der Waals surface area contributed by atoms with Crippen LogP contribution in [0.15, 0.2) is 48.5 Å². The Balaban J connectivity index is 1.62. The molecule has 2 aromatic carbocycles. The molecule has 3 unspecified atom stereocenters. The summed E-state index contributed by atoms with van der Waals surface area (Å²) in [5.74, 6) is 3.41. The van der Waals surface area contributed by atoms with Crippen LogP contribution in [0, 0.1) is 17.8 Å². The Hall–Kier alpha value is -2.08. The zero-order valence-corrected chi connectivity index (χ0v) is 24.4. The number of methoxy groups -OCH3 is 2. The molecule has 1 heterocycles. The summed E-state index contributed by atoms with van der Waals surface area (Å²) in [6.07, 6.45) is 10.5. The summed E-state index contributed by atoms with van der Waals surface area (Å²) in [5, 5.41) is 11.8. The molecule has 5 nitrogen and oxygen atoms in total. The SMILES string of the molecule is COc1ccc(CN2CCC[C@](c3ccc(OC)cc3)(N(C)C)CCCC(CC3CCC3)C(C)C2O)cc1. The Morgan fingerprint density at radius 3 is 2.03 bits per heavy atom. The molecule has 2 fully saturated rings. The third-order valence-corrected chi connectivity index (χ3v) is 9.68. The molecule has 38 heavy (non-hydrogen) atoms.